The second-order valence-electron chi connectivity index (χ2n) is 4.41. The maximum Gasteiger partial charge on any atom is 0.252 e. The summed E-state index contributed by atoms with van der Waals surface area (Å²) in [6, 6.07) is 5.19. The average molecular weight is 331 g/mol. The lowest BCUT2D eigenvalue weighted by Gasteiger charge is -2.22. The Hall–Kier alpha value is -0.870. The van der Waals surface area contributed by atoms with Gasteiger partial charge in [-0.25, -0.2) is 0 Å². The van der Waals surface area contributed by atoms with Crippen molar-refractivity contribution in [3.05, 3.63) is 33.3 Å². The molecule has 1 aliphatic rings. The molecule has 1 amide bonds. The molecule has 3 nitrogen and oxygen atoms in total. The van der Waals surface area contributed by atoms with Crippen molar-refractivity contribution in [1.82, 2.24) is 5.32 Å². The molecule has 1 N–H and O–H groups in total. The molecule has 1 aromatic rings. The second kappa shape index (κ2) is 5.85. The van der Waals surface area contributed by atoms with Crippen LogP contribution in [-0.4, -0.2) is 17.7 Å². The Morgan fingerprint density at radius 2 is 2.00 bits per heavy atom. The van der Waals surface area contributed by atoms with Crippen molar-refractivity contribution in [1.29, 1.82) is 0 Å². The number of nitrogens with one attached hydrogen (secondary N) is 1. The van der Waals surface area contributed by atoms with Crippen LogP contribution in [-0.2, 0) is 4.79 Å². The van der Waals surface area contributed by atoms with Crippen molar-refractivity contribution in [3.8, 4) is 0 Å². The summed E-state index contributed by atoms with van der Waals surface area (Å²) in [7, 11) is 0. The quantitative estimate of drug-likeness (QED) is 0.904. The predicted molar refractivity (Wildman–Crippen MR) is 73.9 cm³/mol. The summed E-state index contributed by atoms with van der Waals surface area (Å²) >= 11 is 9.21. The number of carbonyl (C=O) groups excluding carboxylic acids is 2. The zero-order valence-corrected chi connectivity index (χ0v) is 12.1. The van der Waals surface area contributed by atoms with Crippen LogP contribution in [0.4, 0.5) is 0 Å². The highest BCUT2D eigenvalue weighted by molar-refractivity contribution is 9.10. The fourth-order valence-electron chi connectivity index (χ4n) is 2.02. The zero-order valence-electron chi connectivity index (χ0n) is 9.71. The first-order valence-corrected chi connectivity index (χ1v) is 7.01. The first-order valence-electron chi connectivity index (χ1n) is 5.84. The minimum atomic E-state index is -0.149. The lowest BCUT2D eigenvalue weighted by Crippen LogP contribution is -2.37. The third-order valence-corrected chi connectivity index (χ3v) is 3.98. The first-order chi connectivity index (χ1) is 8.56. The van der Waals surface area contributed by atoms with Crippen molar-refractivity contribution in [2.24, 2.45) is 0 Å². The Bertz CT molecular complexity index is 480. The van der Waals surface area contributed by atoms with Gasteiger partial charge in [-0.05, 0) is 47.0 Å². The largest absolute Gasteiger partial charge is 0.349 e. The summed E-state index contributed by atoms with van der Waals surface area (Å²) in [6.45, 7) is 0. The molecule has 96 valence electrons. The molecule has 1 aliphatic carbocycles. The molecule has 0 heterocycles. The van der Waals surface area contributed by atoms with Crippen LogP contribution in [0.25, 0.3) is 0 Å². The van der Waals surface area contributed by atoms with Crippen molar-refractivity contribution >= 4 is 39.2 Å². The highest BCUT2D eigenvalue weighted by atomic mass is 79.9. The Labute approximate surface area is 119 Å². The van der Waals surface area contributed by atoms with Crippen LogP contribution in [0.1, 0.15) is 36.0 Å². The Morgan fingerprint density at radius 1 is 1.33 bits per heavy atom. The first kappa shape index (κ1) is 13.6. The highest BCUT2D eigenvalue weighted by Crippen LogP contribution is 2.22. The molecule has 1 fully saturated rings. The minimum absolute atomic E-state index is 0.0843. The van der Waals surface area contributed by atoms with E-state index in [-0.39, 0.29) is 17.7 Å². The Balaban J connectivity index is 2.03. The molecule has 18 heavy (non-hydrogen) atoms. The van der Waals surface area contributed by atoms with E-state index in [9.17, 15) is 9.59 Å². The van der Waals surface area contributed by atoms with Gasteiger partial charge in [-0.15, -0.1) is 0 Å². The van der Waals surface area contributed by atoms with Crippen molar-refractivity contribution in [3.63, 3.8) is 0 Å². The number of rotatable bonds is 2. The summed E-state index contributed by atoms with van der Waals surface area (Å²) in [4.78, 5) is 23.2. The standard InChI is InChI=1S/C13H13BrClNO2/c14-12-6-1-8(15)7-11(12)13(18)16-9-2-4-10(17)5-3-9/h1,6-7,9H,2-5H2,(H,16,18). The van der Waals surface area contributed by atoms with Gasteiger partial charge >= 0.3 is 0 Å². The zero-order chi connectivity index (χ0) is 13.1. The molecule has 0 aromatic heterocycles. The fraction of sp³-hybridized carbons (Fsp3) is 0.385. The summed E-state index contributed by atoms with van der Waals surface area (Å²) in [5.74, 6) is 0.133. The Morgan fingerprint density at radius 3 is 2.67 bits per heavy atom. The lowest BCUT2D eigenvalue weighted by atomic mass is 9.94. The van der Waals surface area contributed by atoms with Crippen LogP contribution >= 0.6 is 27.5 Å². The molecule has 0 atom stereocenters. The number of amides is 1. The van der Waals surface area contributed by atoms with Crippen molar-refractivity contribution in [2.75, 3.05) is 0 Å². The number of Topliss-reactive ketones (excluding diaryl/α,β-unsaturated/α-hetero) is 1. The second-order valence-corrected chi connectivity index (χ2v) is 5.70. The molecular weight excluding hydrogens is 318 g/mol. The van der Waals surface area contributed by atoms with Gasteiger partial charge in [0, 0.05) is 28.4 Å². The fourth-order valence-corrected chi connectivity index (χ4v) is 2.62. The van der Waals surface area contributed by atoms with Gasteiger partial charge in [0.1, 0.15) is 5.78 Å². The van der Waals surface area contributed by atoms with Gasteiger partial charge in [0.2, 0.25) is 0 Å². The maximum atomic E-state index is 12.1. The van der Waals surface area contributed by atoms with Gasteiger partial charge in [-0.1, -0.05) is 11.6 Å². The average Bonchev–Trinajstić information content (AvgIpc) is 2.35. The molecule has 2 rings (SSSR count). The number of benzene rings is 1. The van der Waals surface area contributed by atoms with E-state index in [0.717, 1.165) is 17.3 Å². The number of ketones is 1. The van der Waals surface area contributed by atoms with Gasteiger partial charge < -0.3 is 5.32 Å². The van der Waals surface area contributed by atoms with Crippen LogP contribution in [0.2, 0.25) is 5.02 Å². The summed E-state index contributed by atoms with van der Waals surface area (Å²) in [5.41, 5.74) is 0.527. The van der Waals surface area contributed by atoms with Gasteiger partial charge in [0.15, 0.2) is 0 Å². The molecule has 0 unspecified atom stereocenters. The molecule has 0 spiro atoms. The summed E-state index contributed by atoms with van der Waals surface area (Å²) in [5, 5.41) is 3.47. The van der Waals surface area contributed by atoms with E-state index < -0.39 is 0 Å². The molecule has 0 bridgehead atoms. The predicted octanol–water partition coefficient (Wildman–Crippen LogP) is 3.34. The van der Waals surface area contributed by atoms with E-state index in [1.165, 1.54) is 0 Å². The van der Waals surface area contributed by atoms with Crippen LogP contribution in [0, 0.1) is 0 Å². The van der Waals surface area contributed by atoms with Gasteiger partial charge in [-0.3, -0.25) is 9.59 Å². The highest BCUT2D eigenvalue weighted by Gasteiger charge is 2.21. The number of halogens is 2. The molecule has 0 saturated heterocycles. The van der Waals surface area contributed by atoms with E-state index in [2.05, 4.69) is 21.2 Å². The van der Waals surface area contributed by atoms with E-state index in [1.54, 1.807) is 18.2 Å². The minimum Gasteiger partial charge on any atom is -0.349 e. The number of carbonyl (C=O) groups is 2. The SMILES string of the molecule is O=C1CCC(NC(=O)c2cc(Cl)ccc2Br)CC1. The van der Waals surface area contributed by atoms with Gasteiger partial charge in [-0.2, -0.15) is 0 Å². The Kier molecular flexibility index (Phi) is 4.40. The summed E-state index contributed by atoms with van der Waals surface area (Å²) in [6.07, 6.45) is 2.56. The molecule has 1 saturated carbocycles. The summed E-state index contributed by atoms with van der Waals surface area (Å²) < 4.78 is 0.719. The smallest absolute Gasteiger partial charge is 0.252 e. The topological polar surface area (TPSA) is 46.2 Å². The van der Waals surface area contributed by atoms with Crippen LogP contribution in [0.5, 0.6) is 0 Å². The van der Waals surface area contributed by atoms with Gasteiger partial charge in [0.05, 0.1) is 5.56 Å². The third-order valence-electron chi connectivity index (χ3n) is 3.05. The molecule has 5 heteroatoms. The van der Waals surface area contributed by atoms with E-state index >= 15 is 0 Å². The lowest BCUT2D eigenvalue weighted by molar-refractivity contribution is -0.120. The molecular formula is C13H13BrClNO2. The van der Waals surface area contributed by atoms with Crippen molar-refractivity contribution < 1.29 is 9.59 Å². The number of hydrogen-bond acceptors (Lipinski definition) is 2. The van der Waals surface area contributed by atoms with Gasteiger partial charge in [0.25, 0.3) is 5.91 Å². The van der Waals surface area contributed by atoms with Crippen LogP contribution in [0.15, 0.2) is 22.7 Å². The third kappa shape index (κ3) is 3.33. The maximum absolute atomic E-state index is 12.1. The van der Waals surface area contributed by atoms with Crippen LogP contribution in [0.3, 0.4) is 0 Å². The van der Waals surface area contributed by atoms with Crippen LogP contribution < -0.4 is 5.32 Å². The van der Waals surface area contributed by atoms with Crippen molar-refractivity contribution in [2.45, 2.75) is 31.7 Å². The van der Waals surface area contributed by atoms with E-state index in [0.29, 0.717) is 23.4 Å². The molecule has 0 aliphatic heterocycles. The van der Waals surface area contributed by atoms with E-state index in [4.69, 9.17) is 11.6 Å². The number of hydrogen-bond donors (Lipinski definition) is 1. The molecule has 0 radical (unpaired) electrons. The molecule has 1 aromatic carbocycles. The monoisotopic (exact) mass is 329 g/mol. The normalized spacial score (nSPS) is 16.7. The van der Waals surface area contributed by atoms with E-state index in [1.807, 2.05) is 0 Å².